The molecular weight excluding hydrogens is 324 g/mol. The first-order chi connectivity index (χ1) is 9.20. The zero-order valence-corrected chi connectivity index (χ0v) is 14.3. The fraction of sp³-hybridized carbons (Fsp3) is 1.00. The van der Waals surface area contributed by atoms with E-state index in [-0.39, 0.29) is 23.5 Å². The van der Waals surface area contributed by atoms with E-state index in [9.17, 15) is 16.8 Å². The fourth-order valence-electron chi connectivity index (χ4n) is 2.16. The largest absolute Gasteiger partial charge is 0.213 e. The molecule has 0 aromatic carbocycles. The monoisotopic (exact) mass is 346 g/mol. The number of piperidine rings is 1. The van der Waals surface area contributed by atoms with E-state index in [2.05, 4.69) is 4.72 Å². The standard InChI is InChI=1S/C11H23ClN2O4S2/c1-3-20(17,18)14-6-4-11(5-7-14)13-19(15,16)9-10(2)8-12/h10-11,13H,3-9H2,1-2H3. The Morgan fingerprint density at radius 1 is 1.25 bits per heavy atom. The zero-order chi connectivity index (χ0) is 15.4. The van der Waals surface area contributed by atoms with Crippen molar-refractivity contribution in [2.24, 2.45) is 5.92 Å². The maximum absolute atomic E-state index is 11.9. The van der Waals surface area contributed by atoms with Crippen LogP contribution >= 0.6 is 11.6 Å². The van der Waals surface area contributed by atoms with E-state index in [4.69, 9.17) is 11.6 Å². The maximum Gasteiger partial charge on any atom is 0.213 e. The Balaban J connectivity index is 2.51. The van der Waals surface area contributed by atoms with Crippen LogP contribution in [0.2, 0.25) is 0 Å². The third-order valence-corrected chi connectivity index (χ3v) is 7.43. The van der Waals surface area contributed by atoms with Crippen LogP contribution in [0.25, 0.3) is 0 Å². The molecule has 0 bridgehead atoms. The molecule has 1 rings (SSSR count). The summed E-state index contributed by atoms with van der Waals surface area (Å²) in [6.07, 6.45) is 1.02. The summed E-state index contributed by atoms with van der Waals surface area (Å²) in [5, 5.41) is 0. The summed E-state index contributed by atoms with van der Waals surface area (Å²) in [6.45, 7) is 4.13. The number of hydrogen-bond donors (Lipinski definition) is 1. The van der Waals surface area contributed by atoms with Crippen LogP contribution in [0, 0.1) is 5.92 Å². The van der Waals surface area contributed by atoms with Gasteiger partial charge in [-0.15, -0.1) is 11.6 Å². The molecule has 1 unspecified atom stereocenters. The van der Waals surface area contributed by atoms with E-state index in [1.165, 1.54) is 4.31 Å². The minimum atomic E-state index is -3.35. The molecule has 0 radical (unpaired) electrons. The first kappa shape index (κ1) is 18.2. The van der Waals surface area contributed by atoms with Crippen molar-refractivity contribution >= 4 is 31.6 Å². The second-order valence-corrected chi connectivity index (χ2v) is 9.60. The fourth-order valence-corrected chi connectivity index (χ4v) is 5.23. The third kappa shape index (κ3) is 5.48. The molecule has 1 N–H and O–H groups in total. The highest BCUT2D eigenvalue weighted by Crippen LogP contribution is 2.15. The summed E-state index contributed by atoms with van der Waals surface area (Å²) in [7, 11) is -6.53. The van der Waals surface area contributed by atoms with Crippen molar-refractivity contribution in [3.8, 4) is 0 Å². The maximum atomic E-state index is 11.9. The molecule has 20 heavy (non-hydrogen) atoms. The van der Waals surface area contributed by atoms with Gasteiger partial charge in [0.1, 0.15) is 0 Å². The molecule has 9 heteroatoms. The molecule has 0 aliphatic carbocycles. The number of rotatable bonds is 7. The topological polar surface area (TPSA) is 83.6 Å². The van der Waals surface area contributed by atoms with Gasteiger partial charge in [0.05, 0.1) is 11.5 Å². The third-order valence-electron chi connectivity index (χ3n) is 3.33. The summed E-state index contributed by atoms with van der Waals surface area (Å²) >= 11 is 5.62. The normalized spacial score (nSPS) is 20.9. The highest BCUT2D eigenvalue weighted by atomic mass is 35.5. The molecular formula is C11H23ClN2O4S2. The van der Waals surface area contributed by atoms with Crippen molar-refractivity contribution in [3.63, 3.8) is 0 Å². The highest BCUT2D eigenvalue weighted by molar-refractivity contribution is 7.89. The zero-order valence-electron chi connectivity index (χ0n) is 11.9. The van der Waals surface area contributed by atoms with Crippen LogP contribution in [-0.2, 0) is 20.0 Å². The van der Waals surface area contributed by atoms with Crippen molar-refractivity contribution in [2.75, 3.05) is 30.5 Å². The van der Waals surface area contributed by atoms with Gasteiger partial charge in [-0.1, -0.05) is 6.92 Å². The molecule has 1 fully saturated rings. The minimum absolute atomic E-state index is 0.00394. The van der Waals surface area contributed by atoms with Gasteiger partial charge in [0.15, 0.2) is 0 Å². The Morgan fingerprint density at radius 3 is 2.25 bits per heavy atom. The molecule has 0 spiro atoms. The van der Waals surface area contributed by atoms with Gasteiger partial charge in [0.25, 0.3) is 0 Å². The molecule has 120 valence electrons. The molecule has 1 aliphatic rings. The summed E-state index contributed by atoms with van der Waals surface area (Å²) in [5.74, 6) is 0.282. The predicted octanol–water partition coefficient (Wildman–Crippen LogP) is 0.595. The van der Waals surface area contributed by atoms with Gasteiger partial charge < -0.3 is 0 Å². The Kier molecular flexibility index (Phi) is 6.72. The van der Waals surface area contributed by atoms with Gasteiger partial charge in [-0.05, 0) is 25.7 Å². The van der Waals surface area contributed by atoms with Crippen molar-refractivity contribution in [1.29, 1.82) is 0 Å². The van der Waals surface area contributed by atoms with Crippen molar-refractivity contribution in [2.45, 2.75) is 32.7 Å². The van der Waals surface area contributed by atoms with Crippen LogP contribution in [0.4, 0.5) is 0 Å². The number of hydrogen-bond acceptors (Lipinski definition) is 4. The number of nitrogens with one attached hydrogen (secondary N) is 1. The van der Waals surface area contributed by atoms with Crippen molar-refractivity contribution in [1.82, 2.24) is 9.03 Å². The molecule has 1 heterocycles. The van der Waals surface area contributed by atoms with Gasteiger partial charge >= 0.3 is 0 Å². The Labute approximate surface area is 127 Å². The van der Waals surface area contributed by atoms with Crippen LogP contribution in [0.3, 0.4) is 0 Å². The highest BCUT2D eigenvalue weighted by Gasteiger charge is 2.29. The first-order valence-electron chi connectivity index (χ1n) is 6.74. The molecule has 0 amide bonds. The van der Waals surface area contributed by atoms with Gasteiger partial charge in [-0.25, -0.2) is 25.9 Å². The molecule has 0 aromatic heterocycles. The minimum Gasteiger partial charge on any atom is -0.212 e. The van der Waals surface area contributed by atoms with Crippen molar-refractivity contribution < 1.29 is 16.8 Å². The second-order valence-electron chi connectivity index (χ2n) is 5.23. The summed E-state index contributed by atoms with van der Waals surface area (Å²) in [5.41, 5.74) is 0. The SMILES string of the molecule is CCS(=O)(=O)N1CCC(NS(=O)(=O)CC(C)CCl)CC1. The van der Waals surface area contributed by atoms with E-state index in [0.717, 1.165) is 0 Å². The van der Waals surface area contributed by atoms with E-state index in [0.29, 0.717) is 31.8 Å². The molecule has 1 saturated heterocycles. The average Bonchev–Trinajstić information content (AvgIpc) is 2.38. The van der Waals surface area contributed by atoms with Crippen LogP contribution in [-0.4, -0.2) is 57.7 Å². The smallest absolute Gasteiger partial charge is 0.212 e. The van der Waals surface area contributed by atoms with E-state index in [1.807, 2.05) is 0 Å². The van der Waals surface area contributed by atoms with Crippen LogP contribution in [0.5, 0.6) is 0 Å². The predicted molar refractivity (Wildman–Crippen MR) is 80.9 cm³/mol. The lowest BCUT2D eigenvalue weighted by molar-refractivity contribution is 0.308. The van der Waals surface area contributed by atoms with Crippen LogP contribution in [0.15, 0.2) is 0 Å². The van der Waals surface area contributed by atoms with Gasteiger partial charge in [0.2, 0.25) is 20.0 Å². The molecule has 1 aliphatic heterocycles. The van der Waals surface area contributed by atoms with Gasteiger partial charge in [-0.2, -0.15) is 0 Å². The summed E-state index contributed by atoms with van der Waals surface area (Å²) in [4.78, 5) is 0. The van der Waals surface area contributed by atoms with E-state index < -0.39 is 20.0 Å². The Hall–Kier alpha value is 0.110. The second kappa shape index (κ2) is 7.40. The number of nitrogens with zero attached hydrogens (tertiary/aromatic N) is 1. The van der Waals surface area contributed by atoms with E-state index >= 15 is 0 Å². The van der Waals surface area contributed by atoms with Gasteiger partial charge in [-0.3, -0.25) is 0 Å². The lowest BCUT2D eigenvalue weighted by atomic mass is 10.1. The Bertz CT molecular complexity index is 499. The molecule has 0 saturated carbocycles. The number of halogens is 1. The summed E-state index contributed by atoms with van der Waals surface area (Å²) in [6, 6.07) is -0.189. The molecule has 6 nitrogen and oxygen atoms in total. The van der Waals surface area contributed by atoms with Crippen LogP contribution in [0.1, 0.15) is 26.7 Å². The lowest BCUT2D eigenvalue weighted by Gasteiger charge is -2.31. The molecule has 1 atom stereocenters. The Morgan fingerprint density at radius 2 is 1.80 bits per heavy atom. The lowest BCUT2D eigenvalue weighted by Crippen LogP contribution is -2.47. The van der Waals surface area contributed by atoms with E-state index in [1.54, 1.807) is 13.8 Å². The average molecular weight is 347 g/mol. The number of alkyl halides is 1. The summed E-state index contributed by atoms with van der Waals surface area (Å²) < 4.78 is 51.3. The first-order valence-corrected chi connectivity index (χ1v) is 10.5. The van der Waals surface area contributed by atoms with Crippen LogP contribution < -0.4 is 4.72 Å². The number of sulfonamides is 2. The quantitative estimate of drug-likeness (QED) is 0.684. The van der Waals surface area contributed by atoms with Crippen molar-refractivity contribution in [3.05, 3.63) is 0 Å². The molecule has 0 aromatic rings. The van der Waals surface area contributed by atoms with Gasteiger partial charge in [0, 0.05) is 25.0 Å².